The highest BCUT2D eigenvalue weighted by molar-refractivity contribution is 7.99. The third-order valence-corrected chi connectivity index (χ3v) is 6.74. The lowest BCUT2D eigenvalue weighted by molar-refractivity contribution is -0.138. The maximum absolute atomic E-state index is 13.1. The van der Waals surface area contributed by atoms with Gasteiger partial charge in [0.25, 0.3) is 0 Å². The van der Waals surface area contributed by atoms with Crippen LogP contribution in [0.15, 0.2) is 48.5 Å². The maximum Gasteiger partial charge on any atom is 0.242 e. The van der Waals surface area contributed by atoms with Crippen LogP contribution < -0.4 is 5.32 Å². The highest BCUT2D eigenvalue weighted by atomic mass is 32.2. The molecule has 1 saturated carbocycles. The molecular weight excluding hydrogens is 411 g/mol. The number of nitrogens with zero attached hydrogens (tertiary/aromatic N) is 1. The smallest absolute Gasteiger partial charge is 0.242 e. The Labute approximate surface area is 188 Å². The Morgan fingerprint density at radius 2 is 1.68 bits per heavy atom. The monoisotopic (exact) mass is 442 g/mol. The molecule has 0 bridgehead atoms. The predicted octanol–water partition coefficient (Wildman–Crippen LogP) is 4.84. The fourth-order valence-corrected chi connectivity index (χ4v) is 4.66. The standard InChI is InChI=1S/C25H31FN2O2S/c1-18-7-9-20(10-8-18)15-28(19(2)25(30)27-23-5-3-4-6-23)24(29)17-31-16-21-11-13-22(26)14-12-21/h7-14,19,23H,3-6,15-17H2,1-2H3,(H,27,30)/t19-/m1/s1. The van der Waals surface area contributed by atoms with E-state index in [9.17, 15) is 14.0 Å². The fourth-order valence-electron chi connectivity index (χ4n) is 3.78. The molecule has 1 fully saturated rings. The summed E-state index contributed by atoms with van der Waals surface area (Å²) in [6, 6.07) is 14.0. The first-order valence-corrected chi connectivity index (χ1v) is 12.1. The molecular formula is C25H31FN2O2S. The number of amides is 2. The summed E-state index contributed by atoms with van der Waals surface area (Å²) >= 11 is 1.48. The summed E-state index contributed by atoms with van der Waals surface area (Å²) < 4.78 is 13.1. The minimum Gasteiger partial charge on any atom is -0.352 e. The van der Waals surface area contributed by atoms with Crippen molar-refractivity contribution in [1.29, 1.82) is 0 Å². The van der Waals surface area contributed by atoms with Crippen LogP contribution in [0.2, 0.25) is 0 Å². The molecule has 0 radical (unpaired) electrons. The molecule has 0 unspecified atom stereocenters. The van der Waals surface area contributed by atoms with Crippen molar-refractivity contribution in [2.45, 2.75) is 63.9 Å². The Morgan fingerprint density at radius 3 is 2.32 bits per heavy atom. The van der Waals surface area contributed by atoms with E-state index in [1.807, 2.05) is 31.2 Å². The molecule has 2 aromatic carbocycles. The van der Waals surface area contributed by atoms with Gasteiger partial charge in [0.1, 0.15) is 11.9 Å². The van der Waals surface area contributed by atoms with Gasteiger partial charge in [0, 0.05) is 18.3 Å². The highest BCUT2D eigenvalue weighted by Gasteiger charge is 2.28. The van der Waals surface area contributed by atoms with E-state index >= 15 is 0 Å². The highest BCUT2D eigenvalue weighted by Crippen LogP contribution is 2.20. The summed E-state index contributed by atoms with van der Waals surface area (Å²) in [7, 11) is 0. The molecule has 0 aromatic heterocycles. The Balaban J connectivity index is 1.64. The Morgan fingerprint density at radius 1 is 1.06 bits per heavy atom. The molecule has 1 atom stereocenters. The molecule has 1 N–H and O–H groups in total. The molecule has 166 valence electrons. The van der Waals surface area contributed by atoms with Gasteiger partial charge in [0.15, 0.2) is 0 Å². The van der Waals surface area contributed by atoms with Crippen molar-refractivity contribution >= 4 is 23.6 Å². The van der Waals surface area contributed by atoms with Gasteiger partial charge in [0.2, 0.25) is 11.8 Å². The quantitative estimate of drug-likeness (QED) is 0.604. The zero-order valence-corrected chi connectivity index (χ0v) is 19.1. The molecule has 0 heterocycles. The number of hydrogen-bond donors (Lipinski definition) is 1. The second-order valence-electron chi connectivity index (χ2n) is 8.29. The Kier molecular flexibility index (Phi) is 8.52. The molecule has 0 spiro atoms. The van der Waals surface area contributed by atoms with Gasteiger partial charge in [-0.15, -0.1) is 11.8 Å². The van der Waals surface area contributed by atoms with Crippen molar-refractivity contribution in [2.75, 3.05) is 5.75 Å². The zero-order valence-electron chi connectivity index (χ0n) is 18.3. The van der Waals surface area contributed by atoms with Gasteiger partial charge in [-0.1, -0.05) is 54.8 Å². The summed E-state index contributed by atoms with van der Waals surface area (Å²) in [4.78, 5) is 27.6. The fraction of sp³-hybridized carbons (Fsp3) is 0.440. The summed E-state index contributed by atoms with van der Waals surface area (Å²) in [5, 5.41) is 3.12. The molecule has 2 aromatic rings. The normalized spacial score (nSPS) is 14.9. The minimum atomic E-state index is -0.541. The summed E-state index contributed by atoms with van der Waals surface area (Å²) in [6.07, 6.45) is 4.31. The van der Waals surface area contributed by atoms with Crippen LogP contribution >= 0.6 is 11.8 Å². The van der Waals surface area contributed by atoms with Gasteiger partial charge in [-0.05, 0) is 49.9 Å². The van der Waals surface area contributed by atoms with Crippen molar-refractivity contribution in [3.05, 3.63) is 71.0 Å². The predicted molar refractivity (Wildman–Crippen MR) is 124 cm³/mol. The van der Waals surface area contributed by atoms with Crippen molar-refractivity contribution in [3.63, 3.8) is 0 Å². The van der Waals surface area contributed by atoms with Gasteiger partial charge >= 0.3 is 0 Å². The third kappa shape index (κ3) is 7.10. The van der Waals surface area contributed by atoms with E-state index in [1.165, 1.54) is 23.9 Å². The van der Waals surface area contributed by atoms with E-state index in [-0.39, 0.29) is 29.4 Å². The largest absolute Gasteiger partial charge is 0.352 e. The molecule has 0 saturated heterocycles. The number of carbonyl (C=O) groups excluding carboxylic acids is 2. The lowest BCUT2D eigenvalue weighted by Gasteiger charge is -2.29. The maximum atomic E-state index is 13.1. The van der Waals surface area contributed by atoms with E-state index in [2.05, 4.69) is 5.32 Å². The molecule has 4 nitrogen and oxygen atoms in total. The summed E-state index contributed by atoms with van der Waals surface area (Å²) in [6.45, 7) is 4.23. The summed E-state index contributed by atoms with van der Waals surface area (Å²) in [5.41, 5.74) is 3.13. The van der Waals surface area contributed by atoms with Crippen LogP contribution in [0.25, 0.3) is 0 Å². The number of halogens is 1. The van der Waals surface area contributed by atoms with Crippen LogP contribution in [0.3, 0.4) is 0 Å². The number of nitrogens with one attached hydrogen (secondary N) is 1. The molecule has 3 rings (SSSR count). The van der Waals surface area contributed by atoms with E-state index in [0.717, 1.165) is 42.4 Å². The van der Waals surface area contributed by atoms with Gasteiger partial charge in [0.05, 0.1) is 5.75 Å². The molecule has 6 heteroatoms. The van der Waals surface area contributed by atoms with Crippen molar-refractivity contribution in [2.24, 2.45) is 0 Å². The first-order valence-electron chi connectivity index (χ1n) is 10.9. The van der Waals surface area contributed by atoms with Gasteiger partial charge in [-0.2, -0.15) is 0 Å². The topological polar surface area (TPSA) is 49.4 Å². The van der Waals surface area contributed by atoms with E-state index in [4.69, 9.17) is 0 Å². The van der Waals surface area contributed by atoms with Gasteiger partial charge in [-0.25, -0.2) is 4.39 Å². The van der Waals surface area contributed by atoms with Crippen LogP contribution in [-0.2, 0) is 21.9 Å². The lowest BCUT2D eigenvalue weighted by atomic mass is 10.1. The SMILES string of the molecule is Cc1ccc(CN(C(=O)CSCc2ccc(F)cc2)[C@H](C)C(=O)NC2CCCC2)cc1. The van der Waals surface area contributed by atoms with Crippen molar-refractivity contribution in [1.82, 2.24) is 10.2 Å². The van der Waals surface area contributed by atoms with Gasteiger partial charge < -0.3 is 10.2 Å². The first-order chi connectivity index (χ1) is 14.9. The molecule has 1 aliphatic rings. The zero-order chi connectivity index (χ0) is 22.2. The molecule has 0 aliphatic heterocycles. The second-order valence-corrected chi connectivity index (χ2v) is 9.28. The number of rotatable bonds is 9. The molecule has 1 aliphatic carbocycles. The van der Waals surface area contributed by atoms with Gasteiger partial charge in [-0.3, -0.25) is 9.59 Å². The number of hydrogen-bond acceptors (Lipinski definition) is 3. The molecule has 31 heavy (non-hydrogen) atoms. The lowest BCUT2D eigenvalue weighted by Crippen LogP contribution is -2.50. The average Bonchev–Trinajstić information content (AvgIpc) is 3.27. The average molecular weight is 443 g/mol. The second kappa shape index (κ2) is 11.3. The van der Waals surface area contributed by atoms with Crippen LogP contribution in [-0.4, -0.2) is 34.6 Å². The number of thioether (sulfide) groups is 1. The number of aryl methyl sites for hydroxylation is 1. The Hall–Kier alpha value is -2.34. The number of benzene rings is 2. The van der Waals surface area contributed by atoms with Crippen LogP contribution in [0.4, 0.5) is 4.39 Å². The number of carbonyl (C=O) groups is 2. The Bertz CT molecular complexity index is 864. The minimum absolute atomic E-state index is 0.0678. The van der Waals surface area contributed by atoms with Crippen LogP contribution in [0, 0.1) is 12.7 Å². The summed E-state index contributed by atoms with van der Waals surface area (Å²) in [5.74, 6) is 0.464. The van der Waals surface area contributed by atoms with E-state index in [0.29, 0.717) is 12.3 Å². The van der Waals surface area contributed by atoms with Crippen LogP contribution in [0.1, 0.15) is 49.3 Å². The van der Waals surface area contributed by atoms with E-state index < -0.39 is 6.04 Å². The van der Waals surface area contributed by atoms with Crippen molar-refractivity contribution in [3.8, 4) is 0 Å². The van der Waals surface area contributed by atoms with Crippen LogP contribution in [0.5, 0.6) is 0 Å². The molecule has 2 amide bonds. The van der Waals surface area contributed by atoms with E-state index in [1.54, 1.807) is 24.0 Å². The van der Waals surface area contributed by atoms with Crippen molar-refractivity contribution < 1.29 is 14.0 Å². The third-order valence-electron chi connectivity index (χ3n) is 5.75. The first kappa shape index (κ1) is 23.3.